The Morgan fingerprint density at radius 3 is 1.50 bits per heavy atom. The molecule has 0 aromatic heterocycles. The Hall–Kier alpha value is 0.518. The Morgan fingerprint density at radius 1 is 1.50 bits per heavy atom. The molecule has 0 heterocycles. The molecule has 0 atom stereocenters. The van der Waals surface area contributed by atoms with E-state index < -0.39 is 15.0 Å². The summed E-state index contributed by atoms with van der Waals surface area (Å²) >= 11 is -1.19. The van der Waals surface area contributed by atoms with Gasteiger partial charge in [-0.1, -0.05) is 0 Å². The van der Waals surface area contributed by atoms with Crippen molar-refractivity contribution in [2.24, 2.45) is 0 Å². The van der Waals surface area contributed by atoms with Gasteiger partial charge in [-0.15, -0.1) is 0 Å². The fourth-order valence-corrected chi connectivity index (χ4v) is 0. The topological polar surface area (TPSA) is 20.2 Å². The van der Waals surface area contributed by atoms with Gasteiger partial charge in [-0.25, -0.2) is 0 Å². The van der Waals surface area contributed by atoms with Crippen LogP contribution >= 0.6 is 0 Å². The molecule has 0 radical (unpaired) electrons. The van der Waals surface area contributed by atoms with Crippen LogP contribution in [0, 0.1) is 0 Å². The molecular formula is C2H7AsO. The summed E-state index contributed by atoms with van der Waals surface area (Å²) < 4.78 is 8.20. The molecule has 0 unspecified atom stereocenters. The second kappa shape index (κ2) is 1.80. The van der Waals surface area contributed by atoms with Crippen LogP contribution in [0.3, 0.4) is 0 Å². The molecule has 0 aliphatic rings. The summed E-state index contributed by atoms with van der Waals surface area (Å²) in [4.78, 5) is 0. The van der Waals surface area contributed by atoms with Crippen molar-refractivity contribution in [3.8, 4) is 0 Å². The normalized spacial score (nSPS) is 9.00. The van der Waals surface area contributed by atoms with Crippen LogP contribution in [0.1, 0.15) is 0 Å². The van der Waals surface area contributed by atoms with Crippen LogP contribution in [0.2, 0.25) is 11.4 Å². The molecule has 0 aliphatic carbocycles. The molecule has 0 saturated carbocycles. The summed E-state index contributed by atoms with van der Waals surface area (Å²) in [5.74, 6) is 0. The molecule has 4 heavy (non-hydrogen) atoms. The van der Waals surface area contributed by atoms with Crippen molar-refractivity contribution in [3.63, 3.8) is 0 Å². The third-order valence-corrected chi connectivity index (χ3v) is 0. The summed E-state index contributed by atoms with van der Waals surface area (Å²) in [6, 6.07) is 0. The van der Waals surface area contributed by atoms with E-state index in [-0.39, 0.29) is 0 Å². The monoisotopic (exact) mass is 122 g/mol. The molecule has 0 aromatic carbocycles. The van der Waals surface area contributed by atoms with Crippen molar-refractivity contribution in [1.29, 1.82) is 0 Å². The van der Waals surface area contributed by atoms with Gasteiger partial charge in [0.15, 0.2) is 0 Å². The van der Waals surface area contributed by atoms with Crippen LogP contribution in [0.25, 0.3) is 0 Å². The van der Waals surface area contributed by atoms with Crippen molar-refractivity contribution in [1.82, 2.24) is 0 Å². The van der Waals surface area contributed by atoms with Crippen molar-refractivity contribution >= 4 is 15.0 Å². The van der Waals surface area contributed by atoms with Crippen LogP contribution in [0.4, 0.5) is 0 Å². The second-order valence-corrected chi connectivity index (χ2v) is 4.40. The first-order valence-corrected chi connectivity index (χ1v) is 5.69. The summed E-state index contributed by atoms with van der Waals surface area (Å²) in [6.07, 6.45) is 0. The Morgan fingerprint density at radius 2 is 1.50 bits per heavy atom. The predicted molar refractivity (Wildman–Crippen MR) is 19.7 cm³/mol. The van der Waals surface area contributed by atoms with E-state index in [1.165, 1.54) is 0 Å². The standard InChI is InChI=1S/C2H7AsO/c1-3(2)4/h4H,1-2H3. The Kier molecular flexibility index (Phi) is 2.04. The minimum absolute atomic E-state index is 1.19. The van der Waals surface area contributed by atoms with E-state index in [0.29, 0.717) is 0 Å². The summed E-state index contributed by atoms with van der Waals surface area (Å²) in [7, 11) is 0. The van der Waals surface area contributed by atoms with Gasteiger partial charge in [-0.05, 0) is 0 Å². The first-order chi connectivity index (χ1) is 1.73. The van der Waals surface area contributed by atoms with Gasteiger partial charge < -0.3 is 0 Å². The Balaban J connectivity index is 2.32. The maximum atomic E-state index is 8.20. The van der Waals surface area contributed by atoms with Crippen molar-refractivity contribution < 1.29 is 4.10 Å². The predicted octanol–water partition coefficient (Wildman–Crippen LogP) is 0.230. The number of rotatable bonds is 0. The van der Waals surface area contributed by atoms with Crippen molar-refractivity contribution in [2.75, 3.05) is 0 Å². The van der Waals surface area contributed by atoms with Gasteiger partial charge in [0.2, 0.25) is 0 Å². The summed E-state index contributed by atoms with van der Waals surface area (Å²) in [6.45, 7) is 0. The quantitative estimate of drug-likeness (QED) is 0.456. The van der Waals surface area contributed by atoms with Crippen LogP contribution in [-0.4, -0.2) is 19.1 Å². The molecule has 0 bridgehead atoms. The van der Waals surface area contributed by atoms with E-state index in [9.17, 15) is 0 Å². The van der Waals surface area contributed by atoms with Gasteiger partial charge in [-0.3, -0.25) is 0 Å². The van der Waals surface area contributed by atoms with Gasteiger partial charge in [0.05, 0.1) is 0 Å². The van der Waals surface area contributed by atoms with Gasteiger partial charge in [0, 0.05) is 0 Å². The number of hydrogen-bond acceptors (Lipinski definition) is 1. The van der Waals surface area contributed by atoms with E-state index in [2.05, 4.69) is 0 Å². The van der Waals surface area contributed by atoms with Crippen LogP contribution in [-0.2, 0) is 0 Å². The zero-order valence-electron chi connectivity index (χ0n) is 2.89. The molecule has 2 heteroatoms. The van der Waals surface area contributed by atoms with Gasteiger partial charge in [-0.2, -0.15) is 0 Å². The van der Waals surface area contributed by atoms with Crippen LogP contribution in [0.15, 0.2) is 0 Å². The average molecular weight is 122 g/mol. The van der Waals surface area contributed by atoms with Gasteiger partial charge in [0.1, 0.15) is 0 Å². The van der Waals surface area contributed by atoms with Crippen molar-refractivity contribution in [3.05, 3.63) is 0 Å². The summed E-state index contributed by atoms with van der Waals surface area (Å²) in [5, 5.41) is 0. The fraction of sp³-hybridized carbons (Fsp3) is 1.00. The molecule has 0 aliphatic heterocycles. The third kappa shape index (κ3) is 21.6. The van der Waals surface area contributed by atoms with E-state index in [4.69, 9.17) is 4.10 Å². The maximum absolute atomic E-state index is 8.20. The molecule has 1 N–H and O–H groups in total. The zero-order valence-corrected chi connectivity index (χ0v) is 4.77. The van der Waals surface area contributed by atoms with Crippen molar-refractivity contribution in [2.45, 2.75) is 11.4 Å². The third-order valence-electron chi connectivity index (χ3n) is 0. The van der Waals surface area contributed by atoms with Crippen LogP contribution < -0.4 is 0 Å². The molecule has 1 nitrogen and oxygen atoms in total. The van der Waals surface area contributed by atoms with Crippen LogP contribution in [0.5, 0.6) is 0 Å². The molecule has 0 fully saturated rings. The first-order valence-electron chi connectivity index (χ1n) is 1.09. The molecule has 0 spiro atoms. The zero-order chi connectivity index (χ0) is 3.58. The SMILES string of the molecule is C[As](C)O. The molecule has 0 rings (SSSR count). The van der Waals surface area contributed by atoms with E-state index in [0.717, 1.165) is 0 Å². The molecule has 0 amide bonds. The molecule has 0 saturated heterocycles. The molecule has 0 aromatic rings. The van der Waals surface area contributed by atoms with Gasteiger partial charge in [0.25, 0.3) is 0 Å². The molecule has 26 valence electrons. The average Bonchev–Trinajstić information content (AvgIpc) is 0.811. The van der Waals surface area contributed by atoms with E-state index in [1.54, 1.807) is 0 Å². The molecular weight excluding hydrogens is 115 g/mol. The fourth-order valence-electron chi connectivity index (χ4n) is 0. The number of hydrogen-bond donors (Lipinski definition) is 1. The van der Waals surface area contributed by atoms with E-state index in [1.807, 2.05) is 11.4 Å². The first kappa shape index (κ1) is 4.52. The van der Waals surface area contributed by atoms with Gasteiger partial charge >= 0.3 is 30.5 Å². The Bertz CT molecular complexity index is 10.8. The minimum atomic E-state index is -1.19. The Labute approximate surface area is 31.3 Å². The second-order valence-electron chi connectivity index (χ2n) is 0.847. The van der Waals surface area contributed by atoms with E-state index >= 15 is 0 Å². The summed E-state index contributed by atoms with van der Waals surface area (Å²) in [5.41, 5.74) is 3.74.